The van der Waals surface area contributed by atoms with Crippen molar-refractivity contribution < 1.29 is 33.8 Å². The molecule has 3 fully saturated rings. The lowest BCUT2D eigenvalue weighted by Gasteiger charge is -2.39. The maximum absolute atomic E-state index is 15.0. The van der Waals surface area contributed by atoms with Gasteiger partial charge in [0.25, 0.3) is 5.91 Å². The second-order valence-electron chi connectivity index (χ2n) is 13.9. The molecule has 10 nitrogen and oxygen atoms in total. The lowest BCUT2D eigenvalue weighted by atomic mass is 9.70. The van der Waals surface area contributed by atoms with E-state index in [1.54, 1.807) is 29.0 Å². The monoisotopic (exact) mass is 685 g/mol. The Kier molecular flexibility index (Phi) is 11.3. The minimum absolute atomic E-state index is 0.109. The highest BCUT2D eigenvalue weighted by molar-refractivity contribution is 6.05. The summed E-state index contributed by atoms with van der Waals surface area (Å²) in [6, 6.07) is 12.8. The summed E-state index contributed by atoms with van der Waals surface area (Å²) >= 11 is 0. The molecule has 1 spiro atoms. The van der Waals surface area contributed by atoms with E-state index in [4.69, 9.17) is 9.47 Å². The molecule has 3 amide bonds. The molecule has 10 heteroatoms. The van der Waals surface area contributed by atoms with Crippen LogP contribution in [-0.4, -0.2) is 88.6 Å². The Hall–Kier alpha value is -4.28. The molecule has 0 saturated carbocycles. The summed E-state index contributed by atoms with van der Waals surface area (Å²) in [5.74, 6) is -3.40. The first kappa shape index (κ1) is 37.0. The second-order valence-corrected chi connectivity index (χ2v) is 13.9. The zero-order valence-electron chi connectivity index (χ0n) is 29.9. The van der Waals surface area contributed by atoms with Crippen molar-refractivity contribution in [3.05, 3.63) is 90.5 Å². The van der Waals surface area contributed by atoms with Crippen molar-refractivity contribution in [1.29, 1.82) is 0 Å². The summed E-state index contributed by atoms with van der Waals surface area (Å²) in [7, 11) is 1.69. The van der Waals surface area contributed by atoms with Crippen molar-refractivity contribution in [2.75, 3.05) is 25.1 Å². The number of hydrogen-bond acceptors (Lipinski definition) is 7. The first-order valence-electron chi connectivity index (χ1n) is 17.7. The number of allylic oxidation sites excluding steroid dienone is 1. The summed E-state index contributed by atoms with van der Waals surface area (Å²) in [5.41, 5.74) is 1.95. The van der Waals surface area contributed by atoms with Crippen LogP contribution >= 0.6 is 0 Å². The molecule has 2 aromatic rings. The molecule has 3 aliphatic heterocycles. The van der Waals surface area contributed by atoms with Gasteiger partial charge in [-0.2, -0.15) is 0 Å². The number of aliphatic hydroxyl groups excluding tert-OH is 1. The molecule has 3 heterocycles. The van der Waals surface area contributed by atoms with E-state index in [1.807, 2.05) is 76.2 Å². The largest absolute Gasteiger partial charge is 0.455 e. The van der Waals surface area contributed by atoms with Gasteiger partial charge in [-0.3, -0.25) is 19.2 Å². The minimum Gasteiger partial charge on any atom is -0.455 e. The van der Waals surface area contributed by atoms with Gasteiger partial charge in [0, 0.05) is 25.7 Å². The van der Waals surface area contributed by atoms with Crippen LogP contribution in [0.3, 0.4) is 0 Å². The Morgan fingerprint density at radius 2 is 1.78 bits per heavy atom. The number of nitrogens with zero attached hydrogens (tertiary/aromatic N) is 3. The number of esters is 1. The van der Waals surface area contributed by atoms with Gasteiger partial charge >= 0.3 is 5.97 Å². The molecule has 5 rings (SSSR count). The van der Waals surface area contributed by atoms with Crippen LogP contribution in [0.5, 0.6) is 0 Å². The number of aliphatic hydroxyl groups is 1. The van der Waals surface area contributed by atoms with E-state index < -0.39 is 59.6 Å². The molecule has 3 saturated heterocycles. The molecule has 0 unspecified atom stereocenters. The van der Waals surface area contributed by atoms with E-state index in [-0.39, 0.29) is 31.4 Å². The zero-order chi connectivity index (χ0) is 36.3. The molecule has 8 atom stereocenters. The number of amides is 3. The van der Waals surface area contributed by atoms with E-state index in [9.17, 15) is 24.3 Å². The molecule has 2 bridgehead atoms. The third-order valence-electron chi connectivity index (χ3n) is 11.0. The summed E-state index contributed by atoms with van der Waals surface area (Å²) in [6.07, 6.45) is 3.96. The number of ether oxygens (including phenoxy) is 2. The van der Waals surface area contributed by atoms with Crippen LogP contribution in [0.15, 0.2) is 73.8 Å². The number of hydrogen-bond donors (Lipinski definition) is 1. The third-order valence-corrected chi connectivity index (χ3v) is 11.0. The highest BCUT2D eigenvalue weighted by Gasteiger charge is 2.75. The van der Waals surface area contributed by atoms with Crippen LogP contribution < -0.4 is 4.90 Å². The standard InChI is InChI=1S/C40H51N3O7/c1-8-11-20-31(45)41(7)27(6)35(28-18-13-12-14-19-28)49-39(48)32-30-21-22-40(50-30)33(32)37(46)43(29(10-3)24-44)36(40)38(47)42(23-9-2)34-25(4)16-15-17-26(34)5/h8-9,12-19,27,29-30,32-33,35-36,44H,1-2,10-11,20-24H2,3-7H3/t27-,29+,30-,32+,33+,35+,36-,40+/m1/s1. The number of likely N-dealkylation sites (tertiary alicyclic amines) is 1. The number of rotatable bonds is 15. The molecule has 1 N–H and O–H groups in total. The summed E-state index contributed by atoms with van der Waals surface area (Å²) in [4.78, 5) is 61.8. The predicted molar refractivity (Wildman–Crippen MR) is 191 cm³/mol. The zero-order valence-corrected chi connectivity index (χ0v) is 29.9. The van der Waals surface area contributed by atoms with Crippen LogP contribution in [0.25, 0.3) is 0 Å². The van der Waals surface area contributed by atoms with Gasteiger partial charge in [-0.25, -0.2) is 0 Å². The molecule has 268 valence electrons. The number of para-hydroxylation sites is 1. The first-order chi connectivity index (χ1) is 24.0. The van der Waals surface area contributed by atoms with Crippen molar-refractivity contribution >= 4 is 29.4 Å². The normalized spacial score (nSPS) is 25.4. The number of carbonyl (C=O) groups is 4. The van der Waals surface area contributed by atoms with Crippen molar-refractivity contribution in [3.8, 4) is 0 Å². The molecule has 2 aromatic carbocycles. The van der Waals surface area contributed by atoms with E-state index >= 15 is 0 Å². The van der Waals surface area contributed by atoms with E-state index in [1.165, 1.54) is 4.90 Å². The van der Waals surface area contributed by atoms with E-state index in [0.29, 0.717) is 31.2 Å². The van der Waals surface area contributed by atoms with Crippen LogP contribution in [0, 0.1) is 25.7 Å². The van der Waals surface area contributed by atoms with Crippen LogP contribution in [0.2, 0.25) is 0 Å². The van der Waals surface area contributed by atoms with Crippen molar-refractivity contribution in [1.82, 2.24) is 9.80 Å². The Labute approximate surface area is 295 Å². The highest BCUT2D eigenvalue weighted by atomic mass is 16.6. The first-order valence-corrected chi connectivity index (χ1v) is 17.7. The van der Waals surface area contributed by atoms with Gasteiger partial charge in [-0.1, -0.05) is 67.6 Å². The Morgan fingerprint density at radius 1 is 1.10 bits per heavy atom. The maximum Gasteiger partial charge on any atom is 0.313 e. The van der Waals surface area contributed by atoms with Gasteiger partial charge in [0.15, 0.2) is 0 Å². The summed E-state index contributed by atoms with van der Waals surface area (Å²) in [6.45, 7) is 15.0. The van der Waals surface area contributed by atoms with Crippen molar-refractivity contribution in [3.63, 3.8) is 0 Å². The molecular weight excluding hydrogens is 634 g/mol. The summed E-state index contributed by atoms with van der Waals surface area (Å²) in [5, 5.41) is 10.5. The molecule has 3 aliphatic rings. The van der Waals surface area contributed by atoms with Gasteiger partial charge in [0.2, 0.25) is 11.8 Å². The maximum atomic E-state index is 15.0. The van der Waals surface area contributed by atoms with Gasteiger partial charge in [0.1, 0.15) is 17.7 Å². The number of anilines is 1. The van der Waals surface area contributed by atoms with E-state index in [0.717, 1.165) is 16.8 Å². The number of benzene rings is 2. The fourth-order valence-corrected chi connectivity index (χ4v) is 8.37. The Bertz CT molecular complexity index is 1590. The fraction of sp³-hybridized carbons (Fsp3) is 0.500. The molecule has 0 aromatic heterocycles. The van der Waals surface area contributed by atoms with Crippen molar-refractivity contribution in [2.24, 2.45) is 11.8 Å². The fourth-order valence-electron chi connectivity index (χ4n) is 8.37. The predicted octanol–water partition coefficient (Wildman–Crippen LogP) is 5.07. The highest BCUT2D eigenvalue weighted by Crippen LogP contribution is 2.59. The van der Waals surface area contributed by atoms with Crippen LogP contribution in [0.1, 0.15) is 68.7 Å². The van der Waals surface area contributed by atoms with Gasteiger partial charge in [-0.05, 0) is 63.1 Å². The van der Waals surface area contributed by atoms with Crippen LogP contribution in [0.4, 0.5) is 5.69 Å². The van der Waals surface area contributed by atoms with Gasteiger partial charge in [0.05, 0.1) is 36.6 Å². The SMILES string of the molecule is C=CCCC(=O)N(C)[C@H](C)[C@H](OC(=O)[C@@H]1[C@H]2C(=O)N([C@@H](CC)CO)[C@H](C(=O)N(CC=C)c3c(C)cccc3C)[C@]23CC[C@H]1O3)c1ccccc1. The number of fused-ring (bicyclic) bond motifs is 1. The van der Waals surface area contributed by atoms with Crippen LogP contribution in [-0.2, 0) is 28.7 Å². The number of carbonyl (C=O) groups excluding carboxylic acids is 4. The quantitative estimate of drug-likeness (QED) is 0.206. The topological polar surface area (TPSA) is 117 Å². The van der Waals surface area contributed by atoms with Crippen molar-refractivity contribution in [2.45, 2.75) is 95.7 Å². The Balaban J connectivity index is 1.53. The molecule has 0 aliphatic carbocycles. The lowest BCUT2D eigenvalue weighted by Crippen LogP contribution is -2.59. The summed E-state index contributed by atoms with van der Waals surface area (Å²) < 4.78 is 13.0. The average Bonchev–Trinajstić information content (AvgIpc) is 3.76. The average molecular weight is 686 g/mol. The second kappa shape index (κ2) is 15.3. The Morgan fingerprint density at radius 3 is 2.38 bits per heavy atom. The number of likely N-dealkylation sites (N-methyl/N-ethyl adjacent to an activating group) is 1. The third kappa shape index (κ3) is 6.39. The number of aryl methyl sites for hydroxylation is 2. The molecular formula is C40H51N3O7. The molecule has 0 radical (unpaired) electrons. The minimum atomic E-state index is -1.29. The molecule has 50 heavy (non-hydrogen) atoms. The van der Waals surface area contributed by atoms with Gasteiger partial charge < -0.3 is 29.3 Å². The lowest BCUT2D eigenvalue weighted by molar-refractivity contribution is -0.165. The van der Waals surface area contributed by atoms with Gasteiger partial charge in [-0.15, -0.1) is 13.2 Å². The van der Waals surface area contributed by atoms with E-state index in [2.05, 4.69) is 13.2 Å². The smallest absolute Gasteiger partial charge is 0.313 e.